The molecule has 76 valence electrons. The highest BCUT2D eigenvalue weighted by atomic mass is 79.9. The van der Waals surface area contributed by atoms with Gasteiger partial charge in [-0.25, -0.2) is 0 Å². The van der Waals surface area contributed by atoms with Gasteiger partial charge >= 0.3 is 0 Å². The summed E-state index contributed by atoms with van der Waals surface area (Å²) < 4.78 is 10.7. The normalized spacial score (nSPS) is 9.71. The molecule has 0 N–H and O–H groups in total. The predicted octanol–water partition coefficient (Wildman–Crippen LogP) is 2.85. The summed E-state index contributed by atoms with van der Waals surface area (Å²) in [6, 6.07) is 3.36. The highest BCUT2D eigenvalue weighted by Gasteiger charge is 2.18. The minimum Gasteiger partial charge on any atom is -0.493 e. The number of carbonyl (C=O) groups is 1. The van der Waals surface area contributed by atoms with E-state index in [4.69, 9.17) is 21.1 Å². The van der Waals surface area contributed by atoms with E-state index in [1.54, 1.807) is 12.1 Å². The number of ether oxygens (including phenoxy) is 2. The molecule has 0 aliphatic heterocycles. The minimum absolute atomic E-state index is 0.272. The Balaban J connectivity index is 3.42. The summed E-state index contributed by atoms with van der Waals surface area (Å²) in [6.45, 7) is 0. The van der Waals surface area contributed by atoms with Crippen molar-refractivity contribution in [3.05, 3.63) is 22.2 Å². The zero-order valence-corrected chi connectivity index (χ0v) is 9.98. The lowest BCUT2D eigenvalue weighted by Gasteiger charge is -2.11. The third kappa shape index (κ3) is 2.01. The van der Waals surface area contributed by atoms with Crippen LogP contribution in [0.5, 0.6) is 11.5 Å². The van der Waals surface area contributed by atoms with Gasteiger partial charge in [-0.2, -0.15) is 0 Å². The third-order valence-corrected chi connectivity index (χ3v) is 2.54. The Kier molecular flexibility index (Phi) is 3.77. The highest BCUT2D eigenvalue weighted by molar-refractivity contribution is 9.10. The monoisotopic (exact) mass is 278 g/mol. The van der Waals surface area contributed by atoms with Crippen LogP contribution in [0, 0.1) is 0 Å². The fourth-order valence-electron chi connectivity index (χ4n) is 1.09. The van der Waals surface area contributed by atoms with Crippen molar-refractivity contribution in [1.82, 2.24) is 0 Å². The van der Waals surface area contributed by atoms with Gasteiger partial charge in [-0.05, 0) is 39.7 Å². The molecule has 0 fully saturated rings. The fourth-order valence-corrected chi connectivity index (χ4v) is 1.88. The molecule has 3 nitrogen and oxygen atoms in total. The van der Waals surface area contributed by atoms with E-state index in [-0.39, 0.29) is 5.56 Å². The van der Waals surface area contributed by atoms with E-state index in [0.717, 1.165) is 0 Å². The van der Waals surface area contributed by atoms with Crippen LogP contribution >= 0.6 is 27.5 Å². The number of methoxy groups -OCH3 is 2. The maximum Gasteiger partial charge on any atom is 0.257 e. The van der Waals surface area contributed by atoms with Gasteiger partial charge in [0.2, 0.25) is 0 Å². The van der Waals surface area contributed by atoms with E-state index in [1.165, 1.54) is 14.2 Å². The number of carbonyl (C=O) groups excluding carboxylic acids is 1. The molecule has 0 bridgehead atoms. The molecule has 1 aromatic carbocycles. The van der Waals surface area contributed by atoms with Crippen molar-refractivity contribution in [3.63, 3.8) is 0 Å². The van der Waals surface area contributed by atoms with E-state index in [9.17, 15) is 4.79 Å². The van der Waals surface area contributed by atoms with Crippen molar-refractivity contribution in [2.75, 3.05) is 14.2 Å². The van der Waals surface area contributed by atoms with Gasteiger partial charge in [0.05, 0.1) is 19.8 Å². The smallest absolute Gasteiger partial charge is 0.257 e. The largest absolute Gasteiger partial charge is 0.493 e. The van der Waals surface area contributed by atoms with Gasteiger partial charge in [-0.1, -0.05) is 0 Å². The van der Waals surface area contributed by atoms with Crippen LogP contribution in [0.3, 0.4) is 0 Å². The zero-order valence-electron chi connectivity index (χ0n) is 7.64. The fraction of sp³-hybridized carbons (Fsp3) is 0.222. The molecule has 0 unspecified atom stereocenters. The lowest BCUT2D eigenvalue weighted by atomic mass is 10.2. The molecule has 0 atom stereocenters. The van der Waals surface area contributed by atoms with Crippen LogP contribution in [0.2, 0.25) is 0 Å². The van der Waals surface area contributed by atoms with Crippen LogP contribution in [-0.4, -0.2) is 19.5 Å². The van der Waals surface area contributed by atoms with Crippen LogP contribution < -0.4 is 9.47 Å². The first-order valence-corrected chi connectivity index (χ1v) is 4.89. The minimum atomic E-state index is -0.590. The maximum atomic E-state index is 11.1. The second-order valence-electron chi connectivity index (χ2n) is 2.43. The van der Waals surface area contributed by atoms with E-state index in [1.807, 2.05) is 0 Å². The van der Waals surface area contributed by atoms with Gasteiger partial charge in [0.15, 0.2) is 11.5 Å². The van der Waals surface area contributed by atoms with Gasteiger partial charge in [0, 0.05) is 4.47 Å². The number of benzene rings is 1. The zero-order chi connectivity index (χ0) is 10.7. The number of halogens is 2. The Morgan fingerprint density at radius 2 is 2.00 bits per heavy atom. The van der Waals surface area contributed by atoms with Crippen LogP contribution in [0.15, 0.2) is 16.6 Å². The molecule has 0 aromatic heterocycles. The molecule has 0 aliphatic carbocycles. The molecule has 0 spiro atoms. The summed E-state index contributed by atoms with van der Waals surface area (Å²) in [4.78, 5) is 11.1. The SMILES string of the molecule is COc1ccc(Br)c(C(=O)Cl)c1OC. The first-order valence-electron chi connectivity index (χ1n) is 3.72. The van der Waals surface area contributed by atoms with E-state index >= 15 is 0 Å². The van der Waals surface area contributed by atoms with Gasteiger partial charge in [0.25, 0.3) is 5.24 Å². The van der Waals surface area contributed by atoms with E-state index in [2.05, 4.69) is 15.9 Å². The van der Waals surface area contributed by atoms with Gasteiger partial charge in [-0.3, -0.25) is 4.79 Å². The molecule has 5 heteroatoms. The summed E-state index contributed by atoms with van der Waals surface area (Å²) in [5, 5.41) is -0.590. The average molecular weight is 280 g/mol. The van der Waals surface area contributed by atoms with Crippen molar-refractivity contribution >= 4 is 32.8 Å². The second kappa shape index (κ2) is 4.66. The average Bonchev–Trinajstić information content (AvgIpc) is 2.16. The molecule has 0 heterocycles. The Bertz CT molecular complexity index is 365. The van der Waals surface area contributed by atoms with Crippen molar-refractivity contribution in [3.8, 4) is 11.5 Å². The van der Waals surface area contributed by atoms with Crippen molar-refractivity contribution < 1.29 is 14.3 Å². The molecule has 0 saturated carbocycles. The summed E-state index contributed by atoms with van der Waals surface area (Å²) in [7, 11) is 2.95. The summed E-state index contributed by atoms with van der Waals surface area (Å²) in [6.07, 6.45) is 0. The van der Waals surface area contributed by atoms with E-state index in [0.29, 0.717) is 16.0 Å². The Hall–Kier alpha value is -0.740. The van der Waals surface area contributed by atoms with Crippen molar-refractivity contribution in [2.45, 2.75) is 0 Å². The highest BCUT2D eigenvalue weighted by Crippen LogP contribution is 2.36. The first kappa shape index (κ1) is 11.3. The maximum absolute atomic E-state index is 11.1. The third-order valence-electron chi connectivity index (χ3n) is 1.69. The van der Waals surface area contributed by atoms with Crippen LogP contribution in [0.25, 0.3) is 0 Å². The molecular weight excluding hydrogens is 271 g/mol. The number of rotatable bonds is 3. The Morgan fingerprint density at radius 3 is 2.43 bits per heavy atom. The van der Waals surface area contributed by atoms with E-state index < -0.39 is 5.24 Å². The molecule has 0 amide bonds. The van der Waals surface area contributed by atoms with Crippen molar-refractivity contribution in [2.24, 2.45) is 0 Å². The standard InChI is InChI=1S/C9H8BrClO3/c1-13-6-4-3-5(10)7(9(11)12)8(6)14-2/h3-4H,1-2H3. The van der Waals surface area contributed by atoms with Crippen molar-refractivity contribution in [1.29, 1.82) is 0 Å². The Labute approximate surface area is 95.1 Å². The molecule has 0 radical (unpaired) electrons. The second-order valence-corrected chi connectivity index (χ2v) is 3.63. The predicted molar refractivity (Wildman–Crippen MR) is 57.4 cm³/mol. The van der Waals surface area contributed by atoms with Gasteiger partial charge < -0.3 is 9.47 Å². The summed E-state index contributed by atoms with van der Waals surface area (Å²) in [5.41, 5.74) is 0.272. The molecular formula is C9H8BrClO3. The first-order chi connectivity index (χ1) is 6.61. The molecule has 0 saturated heterocycles. The topological polar surface area (TPSA) is 35.5 Å². The molecule has 0 aliphatic rings. The van der Waals surface area contributed by atoms with Crippen LogP contribution in [0.4, 0.5) is 0 Å². The lowest BCUT2D eigenvalue weighted by molar-refractivity contribution is 0.107. The van der Waals surface area contributed by atoms with Gasteiger partial charge in [0.1, 0.15) is 0 Å². The summed E-state index contributed by atoms with van der Waals surface area (Å²) in [5.74, 6) is 0.807. The number of hydrogen-bond donors (Lipinski definition) is 0. The summed E-state index contributed by atoms with van der Waals surface area (Å²) >= 11 is 8.63. The van der Waals surface area contributed by atoms with Crippen LogP contribution in [0.1, 0.15) is 10.4 Å². The molecule has 14 heavy (non-hydrogen) atoms. The van der Waals surface area contributed by atoms with Crippen LogP contribution in [-0.2, 0) is 0 Å². The molecule has 1 rings (SSSR count). The number of hydrogen-bond acceptors (Lipinski definition) is 3. The molecule has 1 aromatic rings. The Morgan fingerprint density at radius 1 is 1.36 bits per heavy atom. The van der Waals surface area contributed by atoms with Gasteiger partial charge in [-0.15, -0.1) is 0 Å². The quantitative estimate of drug-likeness (QED) is 0.798. The lowest BCUT2D eigenvalue weighted by Crippen LogP contribution is -1.99.